The Morgan fingerprint density at radius 2 is 0.778 bits per heavy atom. The second-order valence-corrected chi connectivity index (χ2v) is 12.9. The Labute approximate surface area is 320 Å². The summed E-state index contributed by atoms with van der Waals surface area (Å²) in [6.45, 7) is 12.4. The Morgan fingerprint density at radius 3 is 1.11 bits per heavy atom. The van der Waals surface area contributed by atoms with Crippen molar-refractivity contribution in [1.82, 2.24) is 0 Å². The SMILES string of the molecule is CC(=O)Nc1ccc(OCCOCCOCCOCCOCCOCCOCCOCCOCCOCCOCCOS(=O)(=O)c2ccc(C)cc2)cc1. The largest absolute Gasteiger partial charge is 0.491 e. The fourth-order valence-electron chi connectivity index (χ4n) is 4.11. The normalized spacial score (nSPS) is 11.6. The van der Waals surface area contributed by atoms with Crippen LogP contribution in [0.1, 0.15) is 12.5 Å². The Bertz CT molecular complexity index is 1280. The highest BCUT2D eigenvalue weighted by Gasteiger charge is 2.14. The van der Waals surface area contributed by atoms with E-state index < -0.39 is 10.1 Å². The fraction of sp³-hybridized carbons (Fsp3) is 0.649. The first-order chi connectivity index (χ1) is 26.4. The van der Waals surface area contributed by atoms with E-state index in [1.54, 1.807) is 36.4 Å². The molecule has 0 unspecified atom stereocenters. The summed E-state index contributed by atoms with van der Waals surface area (Å²) in [5.41, 5.74) is 1.70. The van der Waals surface area contributed by atoms with Crippen molar-refractivity contribution in [3.8, 4) is 5.75 Å². The number of carbonyl (C=O) groups excluding carboxylic acids is 1. The van der Waals surface area contributed by atoms with Gasteiger partial charge < -0.3 is 57.4 Å². The summed E-state index contributed by atoms with van der Waals surface area (Å²) in [4.78, 5) is 11.2. The summed E-state index contributed by atoms with van der Waals surface area (Å²) in [6, 6.07) is 13.6. The number of amides is 1. The molecule has 0 atom stereocenters. The number of carbonyl (C=O) groups is 1. The standard InChI is InChI=1S/C37H59NO15S/c1-33-3-9-37(10-4-33)54(40,41)53-32-30-51-28-26-49-24-22-47-20-18-45-16-14-43-12-11-42-13-15-44-17-19-46-21-23-48-25-27-50-29-31-52-36-7-5-35(6-8-36)38-34(2)39/h3-10H,11-32H2,1-2H3,(H,38,39). The molecule has 0 heterocycles. The van der Waals surface area contributed by atoms with Crippen LogP contribution in [-0.2, 0) is 66.5 Å². The first-order valence-electron chi connectivity index (χ1n) is 18.1. The fourth-order valence-corrected chi connectivity index (χ4v) is 5.01. The molecule has 0 aliphatic carbocycles. The third kappa shape index (κ3) is 26.9. The zero-order chi connectivity index (χ0) is 38.8. The zero-order valence-electron chi connectivity index (χ0n) is 31.7. The maximum absolute atomic E-state index is 12.1. The van der Waals surface area contributed by atoms with Gasteiger partial charge in [-0.15, -0.1) is 0 Å². The maximum atomic E-state index is 12.1. The molecule has 0 spiro atoms. The second kappa shape index (κ2) is 32.5. The van der Waals surface area contributed by atoms with Gasteiger partial charge in [-0.3, -0.25) is 8.98 Å². The molecule has 2 aromatic rings. The number of nitrogens with one attached hydrogen (secondary N) is 1. The van der Waals surface area contributed by atoms with E-state index in [2.05, 4.69) is 5.32 Å². The number of hydrogen-bond donors (Lipinski definition) is 1. The van der Waals surface area contributed by atoms with Gasteiger partial charge in [0.1, 0.15) is 12.4 Å². The number of hydrogen-bond acceptors (Lipinski definition) is 15. The predicted octanol–water partition coefficient (Wildman–Crippen LogP) is 2.90. The van der Waals surface area contributed by atoms with Crippen molar-refractivity contribution in [1.29, 1.82) is 0 Å². The molecule has 0 fully saturated rings. The number of aryl methyl sites for hydroxylation is 1. The van der Waals surface area contributed by atoms with E-state index in [0.717, 1.165) is 11.3 Å². The summed E-state index contributed by atoms with van der Waals surface area (Å²) in [7, 11) is -3.78. The van der Waals surface area contributed by atoms with E-state index in [-0.39, 0.29) is 24.0 Å². The van der Waals surface area contributed by atoms with Crippen molar-refractivity contribution < 1.29 is 69.5 Å². The van der Waals surface area contributed by atoms with E-state index >= 15 is 0 Å². The molecule has 1 N–H and O–H groups in total. The third-order valence-corrected chi connectivity index (χ3v) is 8.12. The van der Waals surface area contributed by atoms with Crippen molar-refractivity contribution >= 4 is 21.7 Å². The highest BCUT2D eigenvalue weighted by molar-refractivity contribution is 7.86. The molecule has 0 aromatic heterocycles. The van der Waals surface area contributed by atoms with Gasteiger partial charge >= 0.3 is 0 Å². The molecule has 54 heavy (non-hydrogen) atoms. The van der Waals surface area contributed by atoms with Gasteiger partial charge in [0, 0.05) is 12.6 Å². The van der Waals surface area contributed by atoms with Crippen molar-refractivity contribution in [2.45, 2.75) is 18.7 Å². The van der Waals surface area contributed by atoms with Crippen LogP contribution in [0.3, 0.4) is 0 Å². The van der Waals surface area contributed by atoms with E-state index in [1.165, 1.54) is 19.1 Å². The first-order valence-corrected chi connectivity index (χ1v) is 19.5. The van der Waals surface area contributed by atoms with Crippen LogP contribution in [0.25, 0.3) is 0 Å². The molecular formula is C37H59NO15S. The molecule has 0 radical (unpaired) electrons. The van der Waals surface area contributed by atoms with Crippen LogP contribution in [0.2, 0.25) is 0 Å². The molecule has 0 saturated heterocycles. The third-order valence-electron chi connectivity index (χ3n) is 6.79. The first kappa shape index (κ1) is 47.4. The maximum Gasteiger partial charge on any atom is 0.297 e. The quantitative estimate of drug-likeness (QED) is 0.0782. The van der Waals surface area contributed by atoms with Crippen LogP contribution in [-0.4, -0.2) is 160 Å². The zero-order valence-corrected chi connectivity index (χ0v) is 32.5. The average Bonchev–Trinajstić information content (AvgIpc) is 3.15. The van der Waals surface area contributed by atoms with Crippen LogP contribution in [0.5, 0.6) is 5.75 Å². The lowest BCUT2D eigenvalue weighted by atomic mass is 10.2. The molecule has 0 aliphatic heterocycles. The second-order valence-electron chi connectivity index (χ2n) is 11.3. The van der Waals surface area contributed by atoms with E-state index in [0.29, 0.717) is 138 Å². The van der Waals surface area contributed by atoms with E-state index in [1.807, 2.05) is 6.92 Å². The summed E-state index contributed by atoms with van der Waals surface area (Å²) < 4.78 is 89.3. The molecule has 0 bridgehead atoms. The van der Waals surface area contributed by atoms with Crippen molar-refractivity contribution in [2.75, 3.05) is 151 Å². The minimum absolute atomic E-state index is 0.0647. The minimum atomic E-state index is -3.78. The molecule has 1 amide bonds. The molecule has 0 aliphatic rings. The Hall–Kier alpha value is -2.78. The molecular weight excluding hydrogens is 730 g/mol. The monoisotopic (exact) mass is 789 g/mol. The lowest BCUT2D eigenvalue weighted by molar-refractivity contribution is -0.114. The Morgan fingerprint density at radius 1 is 0.463 bits per heavy atom. The van der Waals surface area contributed by atoms with Crippen molar-refractivity contribution in [3.63, 3.8) is 0 Å². The highest BCUT2D eigenvalue weighted by atomic mass is 32.2. The Balaban J connectivity index is 1.18. The van der Waals surface area contributed by atoms with Crippen LogP contribution < -0.4 is 10.1 Å². The van der Waals surface area contributed by atoms with Gasteiger partial charge in [-0.05, 0) is 43.3 Å². The smallest absolute Gasteiger partial charge is 0.297 e. The van der Waals surface area contributed by atoms with Gasteiger partial charge in [0.25, 0.3) is 10.1 Å². The Kier molecular flexibility index (Phi) is 28.5. The lowest BCUT2D eigenvalue weighted by Gasteiger charge is -2.09. The minimum Gasteiger partial charge on any atom is -0.491 e. The number of anilines is 1. The van der Waals surface area contributed by atoms with Gasteiger partial charge in [-0.2, -0.15) is 8.42 Å². The summed E-state index contributed by atoms with van der Waals surface area (Å²) in [5.74, 6) is 0.595. The van der Waals surface area contributed by atoms with E-state index in [4.69, 9.17) is 56.3 Å². The molecule has 16 nitrogen and oxygen atoms in total. The van der Waals surface area contributed by atoms with Gasteiger partial charge in [0.2, 0.25) is 5.91 Å². The van der Waals surface area contributed by atoms with Crippen LogP contribution >= 0.6 is 0 Å². The molecule has 17 heteroatoms. The predicted molar refractivity (Wildman–Crippen MR) is 199 cm³/mol. The van der Waals surface area contributed by atoms with Crippen LogP contribution in [0.4, 0.5) is 5.69 Å². The molecule has 0 saturated carbocycles. The van der Waals surface area contributed by atoms with Gasteiger partial charge in [-0.1, -0.05) is 17.7 Å². The summed E-state index contributed by atoms with van der Waals surface area (Å²) >= 11 is 0. The van der Waals surface area contributed by atoms with Gasteiger partial charge in [0.15, 0.2) is 0 Å². The van der Waals surface area contributed by atoms with Crippen molar-refractivity contribution in [2.24, 2.45) is 0 Å². The van der Waals surface area contributed by atoms with Crippen LogP contribution in [0, 0.1) is 6.92 Å². The molecule has 2 rings (SSSR count). The number of benzene rings is 2. The van der Waals surface area contributed by atoms with Crippen LogP contribution in [0.15, 0.2) is 53.4 Å². The lowest BCUT2D eigenvalue weighted by Crippen LogP contribution is -2.16. The van der Waals surface area contributed by atoms with Gasteiger partial charge in [-0.25, -0.2) is 0 Å². The van der Waals surface area contributed by atoms with Crippen molar-refractivity contribution in [3.05, 3.63) is 54.1 Å². The molecule has 2 aromatic carbocycles. The summed E-state index contributed by atoms with van der Waals surface area (Å²) in [5, 5.41) is 2.71. The highest BCUT2D eigenvalue weighted by Crippen LogP contribution is 2.15. The van der Waals surface area contributed by atoms with Gasteiger partial charge in [0.05, 0.1) is 144 Å². The van der Waals surface area contributed by atoms with E-state index in [9.17, 15) is 13.2 Å². The number of rotatable bonds is 37. The topological polar surface area (TPSA) is 174 Å². The summed E-state index contributed by atoms with van der Waals surface area (Å²) in [6.07, 6.45) is 0. The molecule has 308 valence electrons. The average molecular weight is 790 g/mol. The number of ether oxygens (including phenoxy) is 11.